The lowest BCUT2D eigenvalue weighted by molar-refractivity contribution is 0.603. The van der Waals surface area contributed by atoms with Gasteiger partial charge in [0.1, 0.15) is 4.21 Å². The average Bonchev–Trinajstić information content (AvgIpc) is 2.63. The summed E-state index contributed by atoms with van der Waals surface area (Å²) in [5, 5.41) is 0.393. The van der Waals surface area contributed by atoms with Crippen molar-refractivity contribution in [3.05, 3.63) is 44.7 Å². The molecule has 0 saturated heterocycles. The molecular formula is C11H9BrClNO2S2. The second-order valence-electron chi connectivity index (χ2n) is 3.66. The van der Waals surface area contributed by atoms with Gasteiger partial charge in [-0.2, -0.15) is 0 Å². The van der Waals surface area contributed by atoms with Gasteiger partial charge in [0, 0.05) is 5.69 Å². The van der Waals surface area contributed by atoms with Gasteiger partial charge in [0.05, 0.1) is 8.81 Å². The summed E-state index contributed by atoms with van der Waals surface area (Å²) in [5.74, 6) is 0. The average molecular weight is 367 g/mol. The fourth-order valence-electron chi connectivity index (χ4n) is 1.29. The molecule has 0 fully saturated rings. The van der Waals surface area contributed by atoms with Crippen LogP contribution in [0.25, 0.3) is 0 Å². The molecule has 0 amide bonds. The molecule has 18 heavy (non-hydrogen) atoms. The Bertz CT molecular complexity index is 645. The zero-order valence-corrected chi connectivity index (χ0v) is 13.3. The number of anilines is 1. The first kappa shape index (κ1) is 13.9. The zero-order valence-electron chi connectivity index (χ0n) is 9.28. The number of nitrogens with one attached hydrogen (secondary N) is 1. The summed E-state index contributed by atoms with van der Waals surface area (Å²) in [6, 6.07) is 8.55. The number of thiophene rings is 1. The molecule has 96 valence electrons. The first-order valence-corrected chi connectivity index (χ1v) is 8.40. The van der Waals surface area contributed by atoms with Crippen LogP contribution in [-0.4, -0.2) is 8.42 Å². The molecule has 2 rings (SSSR count). The van der Waals surface area contributed by atoms with Crippen molar-refractivity contribution in [3.63, 3.8) is 0 Å². The van der Waals surface area contributed by atoms with Crippen LogP contribution in [0.4, 0.5) is 5.69 Å². The summed E-state index contributed by atoms with van der Waals surface area (Å²) in [4.78, 5) is 0. The highest BCUT2D eigenvalue weighted by Crippen LogP contribution is 2.35. The Morgan fingerprint density at radius 1 is 1.28 bits per heavy atom. The highest BCUT2D eigenvalue weighted by molar-refractivity contribution is 9.11. The maximum absolute atomic E-state index is 12.1. The molecule has 1 aromatic carbocycles. The number of sulfonamides is 1. The van der Waals surface area contributed by atoms with Gasteiger partial charge in [-0.3, -0.25) is 4.72 Å². The van der Waals surface area contributed by atoms with Gasteiger partial charge in [-0.1, -0.05) is 29.3 Å². The lowest BCUT2D eigenvalue weighted by atomic mass is 10.2. The van der Waals surface area contributed by atoms with Crippen molar-refractivity contribution in [1.29, 1.82) is 0 Å². The standard InChI is InChI=1S/C11H9BrClNO2S2/c1-7-2-4-8(5-3-7)14-18(15,16)10-6-9(13)11(12)17-10/h2-6,14H,1H3. The first-order valence-electron chi connectivity index (χ1n) is 4.93. The largest absolute Gasteiger partial charge is 0.279 e. The van der Waals surface area contributed by atoms with Gasteiger partial charge < -0.3 is 0 Å². The van der Waals surface area contributed by atoms with E-state index in [-0.39, 0.29) is 4.21 Å². The van der Waals surface area contributed by atoms with E-state index in [1.807, 2.05) is 19.1 Å². The Kier molecular flexibility index (Phi) is 4.01. The Morgan fingerprint density at radius 2 is 1.89 bits per heavy atom. The molecule has 0 radical (unpaired) electrons. The highest BCUT2D eigenvalue weighted by atomic mass is 79.9. The number of benzene rings is 1. The van der Waals surface area contributed by atoms with Crippen molar-refractivity contribution in [1.82, 2.24) is 0 Å². The molecule has 1 N–H and O–H groups in total. The molecule has 0 spiro atoms. The van der Waals surface area contributed by atoms with E-state index in [9.17, 15) is 8.42 Å². The van der Waals surface area contributed by atoms with Gasteiger partial charge >= 0.3 is 0 Å². The number of aryl methyl sites for hydroxylation is 1. The van der Waals surface area contributed by atoms with Gasteiger partial charge in [-0.05, 0) is 41.1 Å². The second-order valence-corrected chi connectivity index (χ2v) is 8.35. The molecule has 2 aromatic rings. The second kappa shape index (κ2) is 5.21. The summed E-state index contributed by atoms with van der Waals surface area (Å²) in [5.41, 5.74) is 1.60. The molecule has 3 nitrogen and oxygen atoms in total. The lowest BCUT2D eigenvalue weighted by Crippen LogP contribution is -2.11. The first-order chi connectivity index (χ1) is 8.38. The van der Waals surface area contributed by atoms with Crippen LogP contribution in [0.2, 0.25) is 5.02 Å². The van der Waals surface area contributed by atoms with Crippen LogP contribution in [0.3, 0.4) is 0 Å². The minimum atomic E-state index is -3.57. The van der Waals surface area contributed by atoms with E-state index < -0.39 is 10.0 Å². The molecule has 1 aromatic heterocycles. The fourth-order valence-corrected chi connectivity index (χ4v) is 4.74. The fraction of sp³-hybridized carbons (Fsp3) is 0.0909. The Balaban J connectivity index is 2.29. The molecule has 1 heterocycles. The maximum Gasteiger partial charge on any atom is 0.271 e. The molecule has 0 unspecified atom stereocenters. The zero-order chi connectivity index (χ0) is 13.3. The van der Waals surface area contributed by atoms with E-state index in [1.54, 1.807) is 12.1 Å². The van der Waals surface area contributed by atoms with E-state index in [4.69, 9.17) is 11.6 Å². The summed E-state index contributed by atoms with van der Waals surface area (Å²) < 4.78 is 27.4. The smallest absolute Gasteiger partial charge is 0.271 e. The number of hydrogen-bond donors (Lipinski definition) is 1. The summed E-state index contributed by atoms with van der Waals surface area (Å²) >= 11 is 10.1. The normalized spacial score (nSPS) is 11.5. The van der Waals surface area contributed by atoms with Crippen LogP contribution < -0.4 is 4.72 Å². The van der Waals surface area contributed by atoms with Gasteiger partial charge in [0.2, 0.25) is 0 Å². The predicted octanol–water partition coefficient (Wildman–Crippen LogP) is 4.27. The monoisotopic (exact) mass is 365 g/mol. The van der Waals surface area contributed by atoms with E-state index in [2.05, 4.69) is 20.7 Å². The summed E-state index contributed by atoms with van der Waals surface area (Å²) in [6.07, 6.45) is 0. The van der Waals surface area contributed by atoms with E-state index in [0.29, 0.717) is 14.5 Å². The third-order valence-corrected chi connectivity index (χ3v) is 6.52. The van der Waals surface area contributed by atoms with E-state index >= 15 is 0 Å². The molecule has 0 bridgehead atoms. The van der Waals surface area contributed by atoms with Crippen LogP contribution in [0.15, 0.2) is 38.3 Å². The minimum Gasteiger partial charge on any atom is -0.279 e. The summed E-state index contributed by atoms with van der Waals surface area (Å²) in [7, 11) is -3.57. The van der Waals surface area contributed by atoms with Crippen molar-refractivity contribution >= 4 is 54.6 Å². The predicted molar refractivity (Wildman–Crippen MR) is 79.0 cm³/mol. The molecule has 0 aliphatic rings. The quantitative estimate of drug-likeness (QED) is 0.881. The lowest BCUT2D eigenvalue weighted by Gasteiger charge is -2.06. The molecule has 0 saturated carbocycles. The molecular weight excluding hydrogens is 358 g/mol. The van der Waals surface area contributed by atoms with Crippen LogP contribution >= 0.6 is 38.9 Å². The van der Waals surface area contributed by atoms with Crippen molar-refractivity contribution in [3.8, 4) is 0 Å². The number of hydrogen-bond acceptors (Lipinski definition) is 3. The molecule has 7 heteroatoms. The SMILES string of the molecule is Cc1ccc(NS(=O)(=O)c2cc(Cl)c(Br)s2)cc1. The van der Waals surface area contributed by atoms with Gasteiger partial charge in [0.25, 0.3) is 10.0 Å². The van der Waals surface area contributed by atoms with Crippen molar-refractivity contribution in [2.75, 3.05) is 4.72 Å². The third-order valence-electron chi connectivity index (χ3n) is 2.19. The van der Waals surface area contributed by atoms with Crippen LogP contribution in [0.1, 0.15) is 5.56 Å². The minimum absolute atomic E-state index is 0.181. The molecule has 0 aliphatic carbocycles. The van der Waals surface area contributed by atoms with E-state index in [0.717, 1.165) is 16.9 Å². The van der Waals surface area contributed by atoms with Gasteiger partial charge in [-0.25, -0.2) is 8.42 Å². The van der Waals surface area contributed by atoms with Crippen molar-refractivity contribution in [2.24, 2.45) is 0 Å². The number of rotatable bonds is 3. The van der Waals surface area contributed by atoms with Crippen LogP contribution in [-0.2, 0) is 10.0 Å². The number of halogens is 2. The van der Waals surface area contributed by atoms with Crippen molar-refractivity contribution < 1.29 is 8.42 Å². The van der Waals surface area contributed by atoms with Gasteiger partial charge in [0.15, 0.2) is 0 Å². The Morgan fingerprint density at radius 3 is 2.39 bits per heavy atom. The Labute approximate surface area is 123 Å². The topological polar surface area (TPSA) is 46.2 Å². The third kappa shape index (κ3) is 3.06. The van der Waals surface area contributed by atoms with Crippen molar-refractivity contribution in [2.45, 2.75) is 11.1 Å². The highest BCUT2D eigenvalue weighted by Gasteiger charge is 2.18. The van der Waals surface area contributed by atoms with Crippen LogP contribution in [0, 0.1) is 6.92 Å². The van der Waals surface area contributed by atoms with Gasteiger partial charge in [-0.15, -0.1) is 11.3 Å². The van der Waals surface area contributed by atoms with Crippen LogP contribution in [0.5, 0.6) is 0 Å². The van der Waals surface area contributed by atoms with E-state index in [1.165, 1.54) is 6.07 Å². The maximum atomic E-state index is 12.1. The molecule has 0 atom stereocenters. The summed E-state index contributed by atoms with van der Waals surface area (Å²) in [6.45, 7) is 1.94. The molecule has 0 aliphatic heterocycles. The Hall–Kier alpha value is -0.560.